The third-order valence-corrected chi connectivity index (χ3v) is 6.31. The predicted molar refractivity (Wildman–Crippen MR) is 148 cm³/mol. The van der Waals surface area contributed by atoms with E-state index in [0.29, 0.717) is 44.2 Å². The van der Waals surface area contributed by atoms with E-state index in [9.17, 15) is 18.8 Å². The van der Waals surface area contributed by atoms with Crippen LogP contribution in [-0.4, -0.2) is 31.6 Å². The fraction of sp³-hybridized carbons (Fsp3) is 0.179. The number of carbonyl (C=O) groups excluding carboxylic acids is 3. The zero-order valence-electron chi connectivity index (χ0n) is 20.6. The van der Waals surface area contributed by atoms with Gasteiger partial charge in [0.05, 0.1) is 23.0 Å². The maximum Gasteiger partial charge on any atom is 0.335 e. The van der Waals surface area contributed by atoms with Crippen molar-refractivity contribution >= 4 is 52.2 Å². The number of barbiturate groups is 1. The molecule has 0 aliphatic carbocycles. The minimum Gasteiger partial charge on any atom is -0.494 e. The van der Waals surface area contributed by atoms with E-state index in [1.807, 2.05) is 29.5 Å². The largest absolute Gasteiger partial charge is 0.494 e. The van der Waals surface area contributed by atoms with Gasteiger partial charge >= 0.3 is 6.03 Å². The molecule has 38 heavy (non-hydrogen) atoms. The molecule has 8 nitrogen and oxygen atoms in total. The van der Waals surface area contributed by atoms with E-state index in [1.165, 1.54) is 25.3 Å². The summed E-state index contributed by atoms with van der Waals surface area (Å²) in [6, 6.07) is 15.0. The summed E-state index contributed by atoms with van der Waals surface area (Å²) in [5.41, 5.74) is 1.21. The first-order chi connectivity index (χ1) is 18.3. The van der Waals surface area contributed by atoms with Crippen molar-refractivity contribution < 1.29 is 33.0 Å². The first-order valence-electron chi connectivity index (χ1n) is 11.7. The van der Waals surface area contributed by atoms with Gasteiger partial charge in [-0.3, -0.25) is 14.9 Å². The Morgan fingerprint density at radius 1 is 1.03 bits per heavy atom. The van der Waals surface area contributed by atoms with Crippen molar-refractivity contribution in [2.75, 3.05) is 18.6 Å². The molecule has 4 rings (SSSR count). The third kappa shape index (κ3) is 6.13. The van der Waals surface area contributed by atoms with E-state index in [-0.39, 0.29) is 18.0 Å². The molecule has 0 bridgehead atoms. The van der Waals surface area contributed by atoms with Gasteiger partial charge in [0.2, 0.25) is 0 Å². The number of anilines is 1. The number of nitrogens with one attached hydrogen (secondary N) is 1. The second-order valence-electron chi connectivity index (χ2n) is 8.25. The van der Waals surface area contributed by atoms with Gasteiger partial charge < -0.3 is 14.2 Å². The van der Waals surface area contributed by atoms with E-state index in [2.05, 4.69) is 5.32 Å². The van der Waals surface area contributed by atoms with Gasteiger partial charge in [-0.2, -0.15) is 0 Å². The molecule has 0 saturated carbocycles. The average Bonchev–Trinajstić information content (AvgIpc) is 2.89. The molecular formula is C28H24FIN2O6. The number of amides is 4. The van der Waals surface area contributed by atoms with Gasteiger partial charge in [-0.15, -0.1) is 0 Å². The number of carbonyl (C=O) groups is 3. The lowest BCUT2D eigenvalue weighted by atomic mass is 10.1. The highest BCUT2D eigenvalue weighted by Gasteiger charge is 2.37. The molecule has 196 valence electrons. The van der Waals surface area contributed by atoms with Crippen LogP contribution >= 0.6 is 22.6 Å². The van der Waals surface area contributed by atoms with Crippen molar-refractivity contribution in [2.24, 2.45) is 0 Å². The third-order valence-electron chi connectivity index (χ3n) is 5.50. The Balaban J connectivity index is 1.59. The molecule has 1 aliphatic heterocycles. The highest BCUT2D eigenvalue weighted by atomic mass is 127. The zero-order valence-corrected chi connectivity index (χ0v) is 22.8. The molecule has 4 amide bonds. The number of rotatable bonds is 9. The number of halogens is 2. The van der Waals surface area contributed by atoms with E-state index in [0.717, 1.165) is 11.3 Å². The lowest BCUT2D eigenvalue weighted by Crippen LogP contribution is -2.54. The lowest BCUT2D eigenvalue weighted by Gasteiger charge is -2.26. The minimum absolute atomic E-state index is 0.116. The summed E-state index contributed by atoms with van der Waals surface area (Å²) in [7, 11) is 1.46. The Morgan fingerprint density at radius 3 is 2.47 bits per heavy atom. The minimum atomic E-state index is -0.840. The second-order valence-corrected chi connectivity index (χ2v) is 9.42. The predicted octanol–water partition coefficient (Wildman–Crippen LogP) is 5.47. The van der Waals surface area contributed by atoms with Gasteiger partial charge in [-0.05, 0) is 94.7 Å². The van der Waals surface area contributed by atoms with E-state index in [4.69, 9.17) is 14.2 Å². The van der Waals surface area contributed by atoms with Crippen LogP contribution in [-0.2, 0) is 16.2 Å². The standard InChI is InChI=1S/C28H24FIN2O6/c1-3-11-37-21-9-7-20(8-10-21)32-27(34)22(26(33)31-28(32)35)13-18-14-23(30)25(24(15-18)36-2)38-16-17-5-4-6-19(29)12-17/h4-10,12-15H,3,11,16H2,1-2H3,(H,31,33,35)/b22-13-. The van der Waals surface area contributed by atoms with Crippen molar-refractivity contribution in [1.82, 2.24) is 5.32 Å². The van der Waals surface area contributed by atoms with Crippen molar-refractivity contribution in [3.05, 3.63) is 86.8 Å². The number of ether oxygens (including phenoxy) is 3. The topological polar surface area (TPSA) is 94.2 Å². The molecular weight excluding hydrogens is 606 g/mol. The summed E-state index contributed by atoms with van der Waals surface area (Å²) in [6.45, 7) is 2.64. The molecule has 3 aromatic carbocycles. The zero-order chi connectivity index (χ0) is 27.2. The molecule has 1 N–H and O–H groups in total. The van der Waals surface area contributed by atoms with E-state index < -0.39 is 17.8 Å². The fourth-order valence-corrected chi connectivity index (χ4v) is 4.50. The van der Waals surface area contributed by atoms with Gasteiger partial charge in [0.1, 0.15) is 23.7 Å². The van der Waals surface area contributed by atoms with Crippen LogP contribution in [0, 0.1) is 9.39 Å². The Hall–Kier alpha value is -3.93. The number of hydrogen-bond donors (Lipinski definition) is 1. The summed E-state index contributed by atoms with van der Waals surface area (Å²) in [5.74, 6) is -0.534. The van der Waals surface area contributed by atoms with Crippen molar-refractivity contribution in [3.63, 3.8) is 0 Å². The first kappa shape index (κ1) is 27.1. The van der Waals surface area contributed by atoms with Gasteiger partial charge in [0, 0.05) is 0 Å². The molecule has 10 heteroatoms. The van der Waals surface area contributed by atoms with Crippen LogP contribution in [0.1, 0.15) is 24.5 Å². The molecule has 1 aliphatic rings. The second kappa shape index (κ2) is 12.1. The Morgan fingerprint density at radius 2 is 1.79 bits per heavy atom. The Kier molecular flexibility index (Phi) is 8.62. The normalized spacial score (nSPS) is 14.5. The van der Waals surface area contributed by atoms with Crippen molar-refractivity contribution in [1.29, 1.82) is 0 Å². The van der Waals surface area contributed by atoms with E-state index >= 15 is 0 Å². The highest BCUT2D eigenvalue weighted by Crippen LogP contribution is 2.35. The van der Waals surface area contributed by atoms with Gasteiger partial charge in [-0.1, -0.05) is 19.1 Å². The first-order valence-corrected chi connectivity index (χ1v) is 12.8. The monoisotopic (exact) mass is 630 g/mol. The molecule has 0 atom stereocenters. The summed E-state index contributed by atoms with van der Waals surface area (Å²) in [5, 5.41) is 2.21. The summed E-state index contributed by atoms with van der Waals surface area (Å²) >= 11 is 2.05. The van der Waals surface area contributed by atoms with Crippen LogP contribution in [0.2, 0.25) is 0 Å². The molecule has 3 aromatic rings. The van der Waals surface area contributed by atoms with Gasteiger partial charge in [0.15, 0.2) is 11.5 Å². The molecule has 0 spiro atoms. The van der Waals surface area contributed by atoms with Crippen molar-refractivity contribution in [2.45, 2.75) is 20.0 Å². The molecule has 0 unspecified atom stereocenters. The molecule has 1 saturated heterocycles. The van der Waals surface area contributed by atoms with Gasteiger partial charge in [0.25, 0.3) is 11.8 Å². The van der Waals surface area contributed by atoms with Crippen LogP contribution < -0.4 is 24.4 Å². The van der Waals surface area contributed by atoms with Crippen LogP contribution in [0.4, 0.5) is 14.9 Å². The van der Waals surface area contributed by atoms with Gasteiger partial charge in [-0.25, -0.2) is 14.1 Å². The number of methoxy groups -OCH3 is 1. The summed E-state index contributed by atoms with van der Waals surface area (Å²) in [4.78, 5) is 39.3. The van der Waals surface area contributed by atoms with Crippen LogP contribution in [0.3, 0.4) is 0 Å². The van der Waals surface area contributed by atoms with Crippen LogP contribution in [0.15, 0.2) is 66.2 Å². The van der Waals surface area contributed by atoms with E-state index in [1.54, 1.807) is 48.5 Å². The maximum atomic E-state index is 13.5. The quantitative estimate of drug-likeness (QED) is 0.192. The van der Waals surface area contributed by atoms with Crippen molar-refractivity contribution in [3.8, 4) is 17.2 Å². The Bertz CT molecular complexity index is 1410. The number of imide groups is 2. The van der Waals surface area contributed by atoms with Crippen LogP contribution in [0.5, 0.6) is 17.2 Å². The lowest BCUT2D eigenvalue weighted by molar-refractivity contribution is -0.122. The number of hydrogen-bond acceptors (Lipinski definition) is 6. The molecule has 1 fully saturated rings. The molecule has 0 radical (unpaired) electrons. The number of nitrogens with zero attached hydrogens (tertiary/aromatic N) is 1. The fourth-order valence-electron chi connectivity index (χ4n) is 3.72. The SMILES string of the molecule is CCCOc1ccc(N2C(=O)NC(=O)/C(=C/c3cc(I)c(OCc4cccc(F)c4)c(OC)c3)C2=O)cc1. The number of benzene rings is 3. The molecule has 0 aromatic heterocycles. The number of urea groups is 1. The smallest absolute Gasteiger partial charge is 0.335 e. The molecule has 1 heterocycles. The summed E-state index contributed by atoms with van der Waals surface area (Å²) < 4.78 is 31.0. The highest BCUT2D eigenvalue weighted by molar-refractivity contribution is 14.1. The summed E-state index contributed by atoms with van der Waals surface area (Å²) in [6.07, 6.45) is 2.23. The van der Waals surface area contributed by atoms with Crippen LogP contribution in [0.25, 0.3) is 6.08 Å². The maximum absolute atomic E-state index is 13.5. The Labute approximate surface area is 232 Å². The average molecular weight is 630 g/mol.